The predicted octanol–water partition coefficient (Wildman–Crippen LogP) is 1.67. The van der Waals surface area contributed by atoms with E-state index in [0.29, 0.717) is 6.04 Å². The monoisotopic (exact) mass is 208 g/mol. The molecule has 0 aliphatic carbocycles. The van der Waals surface area contributed by atoms with Gasteiger partial charge >= 0.3 is 0 Å². The van der Waals surface area contributed by atoms with E-state index in [-0.39, 0.29) is 5.82 Å². The summed E-state index contributed by atoms with van der Waals surface area (Å²) in [5.74, 6) is -0.158. The van der Waals surface area contributed by atoms with Crippen LogP contribution in [-0.4, -0.2) is 24.0 Å². The summed E-state index contributed by atoms with van der Waals surface area (Å²) >= 11 is 0. The zero-order chi connectivity index (χ0) is 10.8. The molecule has 82 valence electrons. The Hall–Kier alpha value is -0.930. The molecule has 2 nitrogen and oxygen atoms in total. The highest BCUT2D eigenvalue weighted by atomic mass is 19.1. The van der Waals surface area contributed by atoms with Crippen LogP contribution >= 0.6 is 0 Å². The van der Waals surface area contributed by atoms with E-state index in [1.165, 1.54) is 11.6 Å². The smallest absolute Gasteiger partial charge is 0.123 e. The normalized spacial score (nSPS) is 22.2. The summed E-state index contributed by atoms with van der Waals surface area (Å²) in [6, 6.07) is 5.30. The molecule has 1 atom stereocenters. The molecule has 1 saturated heterocycles. The van der Waals surface area contributed by atoms with Crippen LogP contribution in [0.5, 0.6) is 0 Å². The molecule has 1 aromatic rings. The highest BCUT2D eigenvalue weighted by Gasteiger charge is 2.19. The van der Waals surface area contributed by atoms with Crippen molar-refractivity contribution in [2.45, 2.75) is 25.9 Å². The summed E-state index contributed by atoms with van der Waals surface area (Å²) in [6.07, 6.45) is 1.07. The third-order valence-electron chi connectivity index (χ3n) is 3.01. The molecule has 1 aliphatic rings. The van der Waals surface area contributed by atoms with E-state index in [2.05, 4.69) is 4.90 Å². The highest BCUT2D eigenvalue weighted by molar-refractivity contribution is 5.26. The summed E-state index contributed by atoms with van der Waals surface area (Å²) in [4.78, 5) is 2.32. The van der Waals surface area contributed by atoms with E-state index in [0.717, 1.165) is 31.6 Å². The van der Waals surface area contributed by atoms with Crippen molar-refractivity contribution in [1.29, 1.82) is 0 Å². The standard InChI is InChI=1S/C12H17FN2/c1-9-6-11(13)3-2-10(9)7-15-5-4-12(14)8-15/h2-3,6,12H,4-5,7-8,14H2,1H3/t12-/m0/s1. The van der Waals surface area contributed by atoms with E-state index in [1.54, 1.807) is 6.07 Å². The second kappa shape index (κ2) is 4.29. The van der Waals surface area contributed by atoms with Gasteiger partial charge in [0.25, 0.3) is 0 Å². The number of hydrogen-bond acceptors (Lipinski definition) is 2. The molecular formula is C12H17FN2. The Balaban J connectivity index is 2.04. The number of nitrogens with zero attached hydrogens (tertiary/aromatic N) is 1. The van der Waals surface area contributed by atoms with Gasteiger partial charge in [0.1, 0.15) is 5.82 Å². The Morgan fingerprint density at radius 2 is 2.33 bits per heavy atom. The molecule has 0 unspecified atom stereocenters. The van der Waals surface area contributed by atoms with Gasteiger partial charge in [-0.2, -0.15) is 0 Å². The van der Waals surface area contributed by atoms with Gasteiger partial charge in [-0.3, -0.25) is 4.90 Å². The molecule has 0 amide bonds. The maximum Gasteiger partial charge on any atom is 0.123 e. The zero-order valence-corrected chi connectivity index (χ0v) is 9.04. The average molecular weight is 208 g/mol. The first-order valence-electron chi connectivity index (χ1n) is 5.38. The minimum Gasteiger partial charge on any atom is -0.326 e. The summed E-state index contributed by atoms with van der Waals surface area (Å²) in [5.41, 5.74) is 8.06. The van der Waals surface area contributed by atoms with Crippen LogP contribution in [0.4, 0.5) is 4.39 Å². The minimum absolute atomic E-state index is 0.158. The summed E-state index contributed by atoms with van der Waals surface area (Å²) < 4.78 is 12.9. The van der Waals surface area contributed by atoms with Crippen LogP contribution in [0.2, 0.25) is 0 Å². The van der Waals surface area contributed by atoms with Crippen LogP contribution in [0.15, 0.2) is 18.2 Å². The lowest BCUT2D eigenvalue weighted by Crippen LogP contribution is -2.26. The second-order valence-corrected chi connectivity index (χ2v) is 4.35. The van der Waals surface area contributed by atoms with Crippen molar-refractivity contribution in [3.8, 4) is 0 Å². The first-order valence-corrected chi connectivity index (χ1v) is 5.38. The zero-order valence-electron chi connectivity index (χ0n) is 9.04. The van der Waals surface area contributed by atoms with E-state index in [4.69, 9.17) is 5.73 Å². The number of halogens is 1. The molecule has 1 aliphatic heterocycles. The van der Waals surface area contributed by atoms with Gasteiger partial charge in [-0.25, -0.2) is 4.39 Å². The lowest BCUT2D eigenvalue weighted by Gasteiger charge is -2.16. The van der Waals surface area contributed by atoms with Crippen LogP contribution in [0.1, 0.15) is 17.5 Å². The van der Waals surface area contributed by atoms with Crippen molar-refractivity contribution in [1.82, 2.24) is 4.90 Å². The molecule has 0 radical (unpaired) electrons. The van der Waals surface area contributed by atoms with Crippen molar-refractivity contribution in [2.24, 2.45) is 5.73 Å². The Labute approximate surface area is 89.9 Å². The SMILES string of the molecule is Cc1cc(F)ccc1CN1CC[C@H](N)C1. The van der Waals surface area contributed by atoms with Crippen molar-refractivity contribution >= 4 is 0 Å². The van der Waals surface area contributed by atoms with Gasteiger partial charge in [0.05, 0.1) is 0 Å². The fraction of sp³-hybridized carbons (Fsp3) is 0.500. The van der Waals surface area contributed by atoms with Crippen molar-refractivity contribution in [2.75, 3.05) is 13.1 Å². The molecule has 2 N–H and O–H groups in total. The number of likely N-dealkylation sites (tertiary alicyclic amines) is 1. The number of benzene rings is 1. The third-order valence-corrected chi connectivity index (χ3v) is 3.01. The van der Waals surface area contributed by atoms with Crippen LogP contribution < -0.4 is 5.73 Å². The van der Waals surface area contributed by atoms with Crippen LogP contribution in [-0.2, 0) is 6.54 Å². The molecule has 0 saturated carbocycles. The molecular weight excluding hydrogens is 191 g/mol. The third kappa shape index (κ3) is 2.55. The Morgan fingerprint density at radius 3 is 2.93 bits per heavy atom. The second-order valence-electron chi connectivity index (χ2n) is 4.35. The lowest BCUT2D eigenvalue weighted by molar-refractivity contribution is 0.326. The maximum absolute atomic E-state index is 12.9. The summed E-state index contributed by atoms with van der Waals surface area (Å²) in [6.45, 7) is 4.85. The predicted molar refractivity (Wildman–Crippen MR) is 59.0 cm³/mol. The first kappa shape index (κ1) is 10.6. The van der Waals surface area contributed by atoms with Gasteiger partial charge in [-0.05, 0) is 36.6 Å². The quantitative estimate of drug-likeness (QED) is 0.801. The molecule has 3 heteroatoms. The molecule has 0 aromatic heterocycles. The van der Waals surface area contributed by atoms with Gasteiger partial charge in [0.2, 0.25) is 0 Å². The van der Waals surface area contributed by atoms with Crippen LogP contribution in [0.3, 0.4) is 0 Å². The van der Waals surface area contributed by atoms with E-state index >= 15 is 0 Å². The Bertz CT molecular complexity index is 351. The average Bonchev–Trinajstić information content (AvgIpc) is 2.56. The first-order chi connectivity index (χ1) is 7.15. The Kier molecular flexibility index (Phi) is 3.03. The van der Waals surface area contributed by atoms with Crippen molar-refractivity contribution in [3.05, 3.63) is 35.1 Å². The van der Waals surface area contributed by atoms with Gasteiger partial charge in [0, 0.05) is 25.7 Å². The van der Waals surface area contributed by atoms with Crippen LogP contribution in [0, 0.1) is 12.7 Å². The molecule has 1 aromatic carbocycles. The summed E-state index contributed by atoms with van der Waals surface area (Å²) in [7, 11) is 0. The molecule has 1 fully saturated rings. The number of aryl methyl sites for hydroxylation is 1. The van der Waals surface area contributed by atoms with Crippen molar-refractivity contribution < 1.29 is 4.39 Å². The van der Waals surface area contributed by atoms with E-state index in [9.17, 15) is 4.39 Å². The van der Waals surface area contributed by atoms with Gasteiger partial charge in [0.15, 0.2) is 0 Å². The van der Waals surface area contributed by atoms with Crippen LogP contribution in [0.25, 0.3) is 0 Å². The van der Waals surface area contributed by atoms with Gasteiger partial charge < -0.3 is 5.73 Å². The molecule has 0 bridgehead atoms. The van der Waals surface area contributed by atoms with Gasteiger partial charge in [-0.15, -0.1) is 0 Å². The molecule has 15 heavy (non-hydrogen) atoms. The highest BCUT2D eigenvalue weighted by Crippen LogP contribution is 2.16. The number of hydrogen-bond donors (Lipinski definition) is 1. The van der Waals surface area contributed by atoms with Gasteiger partial charge in [-0.1, -0.05) is 6.07 Å². The maximum atomic E-state index is 12.9. The van der Waals surface area contributed by atoms with E-state index < -0.39 is 0 Å². The summed E-state index contributed by atoms with van der Waals surface area (Å²) in [5, 5.41) is 0. The van der Waals surface area contributed by atoms with E-state index in [1.807, 2.05) is 13.0 Å². The number of nitrogens with two attached hydrogens (primary N) is 1. The largest absolute Gasteiger partial charge is 0.326 e. The molecule has 0 spiro atoms. The van der Waals surface area contributed by atoms with Crippen molar-refractivity contribution in [3.63, 3.8) is 0 Å². The fourth-order valence-electron chi connectivity index (χ4n) is 2.08. The molecule has 2 rings (SSSR count). The lowest BCUT2D eigenvalue weighted by atomic mass is 10.1. The topological polar surface area (TPSA) is 29.3 Å². The molecule has 1 heterocycles. The fourth-order valence-corrected chi connectivity index (χ4v) is 2.08. The number of rotatable bonds is 2. The Morgan fingerprint density at radius 1 is 1.53 bits per heavy atom. The minimum atomic E-state index is -0.158.